The number of carboxylic acid groups (broad SMARTS) is 1. The Kier molecular flexibility index (Phi) is 6.95. The maximum absolute atomic E-state index is 10.4. The van der Waals surface area contributed by atoms with Gasteiger partial charge in [0.15, 0.2) is 11.2 Å². The van der Waals surface area contributed by atoms with Crippen molar-refractivity contribution in [2.45, 2.75) is 45.3 Å². The smallest absolute Gasteiger partial charge is 0.337 e. The first-order valence-corrected chi connectivity index (χ1v) is 4.75. The molecule has 1 atom stereocenters. The molecule has 16 heavy (non-hydrogen) atoms. The van der Waals surface area contributed by atoms with Crippen molar-refractivity contribution < 1.29 is 29.6 Å². The summed E-state index contributed by atoms with van der Waals surface area (Å²) < 4.78 is 4.23. The molecule has 6 heteroatoms. The van der Waals surface area contributed by atoms with Gasteiger partial charge >= 0.3 is 11.9 Å². The molecule has 0 saturated carbocycles. The fourth-order valence-corrected chi connectivity index (χ4v) is 0.401. The Labute approximate surface area is 94.8 Å². The third kappa shape index (κ3) is 7.19. The summed E-state index contributed by atoms with van der Waals surface area (Å²) in [5.41, 5.74) is -2.89. The van der Waals surface area contributed by atoms with Gasteiger partial charge in [-0.2, -0.15) is 0 Å². The zero-order valence-electron chi connectivity index (χ0n) is 10.3. The van der Waals surface area contributed by atoms with Gasteiger partial charge in [-0.1, -0.05) is 6.92 Å². The zero-order chi connectivity index (χ0) is 13.6. The van der Waals surface area contributed by atoms with Crippen LogP contribution in [-0.4, -0.2) is 45.6 Å². The summed E-state index contributed by atoms with van der Waals surface area (Å²) in [5.74, 6) is -1.78. The number of carbonyl (C=O) groups excluding carboxylic acids is 1. The quantitative estimate of drug-likeness (QED) is 0.603. The Morgan fingerprint density at radius 2 is 1.56 bits per heavy atom. The number of ether oxygens (including phenoxy) is 1. The molecule has 0 aromatic heterocycles. The number of carbonyl (C=O) groups is 2. The summed E-state index contributed by atoms with van der Waals surface area (Å²) in [7, 11) is 1.24. The van der Waals surface area contributed by atoms with Crippen LogP contribution in [0.25, 0.3) is 0 Å². The van der Waals surface area contributed by atoms with Crippen molar-refractivity contribution in [2.24, 2.45) is 0 Å². The van der Waals surface area contributed by atoms with Crippen molar-refractivity contribution in [3.8, 4) is 0 Å². The summed E-state index contributed by atoms with van der Waals surface area (Å²) >= 11 is 0. The van der Waals surface area contributed by atoms with E-state index < -0.39 is 23.1 Å². The number of aliphatic carboxylic acids is 1. The number of hydrogen-bond donors (Lipinski definition) is 3. The van der Waals surface area contributed by atoms with Crippen LogP contribution in [0.15, 0.2) is 0 Å². The van der Waals surface area contributed by atoms with E-state index in [-0.39, 0.29) is 6.42 Å². The molecular weight excluding hydrogens is 216 g/mol. The normalized spacial score (nSPS) is 14.2. The first-order valence-electron chi connectivity index (χ1n) is 4.75. The van der Waals surface area contributed by atoms with Crippen LogP contribution in [0, 0.1) is 0 Å². The minimum absolute atomic E-state index is 0.238. The number of esters is 1. The Morgan fingerprint density at radius 3 is 1.56 bits per heavy atom. The van der Waals surface area contributed by atoms with Crippen LogP contribution in [0.1, 0.15) is 34.1 Å². The first kappa shape index (κ1) is 17.3. The van der Waals surface area contributed by atoms with Crippen LogP contribution in [-0.2, 0) is 14.3 Å². The minimum Gasteiger partial charge on any atom is -0.479 e. The molecule has 96 valence electrons. The van der Waals surface area contributed by atoms with E-state index in [0.29, 0.717) is 0 Å². The Bertz CT molecular complexity index is 238. The van der Waals surface area contributed by atoms with Crippen LogP contribution < -0.4 is 0 Å². The molecule has 0 fully saturated rings. The second-order valence-electron chi connectivity index (χ2n) is 3.98. The van der Waals surface area contributed by atoms with Crippen molar-refractivity contribution in [3.63, 3.8) is 0 Å². The Hall–Kier alpha value is -1.14. The Morgan fingerprint density at radius 1 is 1.19 bits per heavy atom. The summed E-state index contributed by atoms with van der Waals surface area (Å²) in [6.07, 6.45) is 0.238. The minimum atomic E-state index is -1.54. The van der Waals surface area contributed by atoms with E-state index in [1.165, 1.54) is 27.9 Å². The molecular formula is C10H20O6. The number of aliphatic hydroxyl groups is 2. The average molecular weight is 236 g/mol. The lowest BCUT2D eigenvalue weighted by Crippen LogP contribution is -2.33. The third-order valence-electron chi connectivity index (χ3n) is 1.83. The van der Waals surface area contributed by atoms with Crippen molar-refractivity contribution in [1.29, 1.82) is 0 Å². The monoisotopic (exact) mass is 236 g/mol. The van der Waals surface area contributed by atoms with Crippen molar-refractivity contribution in [2.75, 3.05) is 7.11 Å². The molecule has 6 nitrogen and oxygen atoms in total. The van der Waals surface area contributed by atoms with E-state index in [0.717, 1.165) is 0 Å². The highest BCUT2D eigenvalue weighted by Gasteiger charge is 2.26. The molecule has 0 spiro atoms. The lowest BCUT2D eigenvalue weighted by atomic mass is 10.1. The highest BCUT2D eigenvalue weighted by molar-refractivity contribution is 5.77. The summed E-state index contributed by atoms with van der Waals surface area (Å²) in [4.78, 5) is 20.4. The van der Waals surface area contributed by atoms with Gasteiger partial charge < -0.3 is 20.1 Å². The lowest BCUT2D eigenvalue weighted by molar-refractivity contribution is -0.158. The van der Waals surface area contributed by atoms with Gasteiger partial charge in [-0.15, -0.1) is 0 Å². The SMILES string of the molecule is CCC(C)(O)C(=O)O.COC(=O)C(C)(C)O. The molecule has 0 aromatic rings. The van der Waals surface area contributed by atoms with Gasteiger partial charge in [0, 0.05) is 0 Å². The summed E-state index contributed by atoms with van der Waals surface area (Å²) in [6.45, 7) is 5.64. The highest BCUT2D eigenvalue weighted by atomic mass is 16.5. The first-order chi connectivity index (χ1) is 6.99. The van der Waals surface area contributed by atoms with Gasteiger partial charge in [0.1, 0.15) is 0 Å². The van der Waals surface area contributed by atoms with Crippen molar-refractivity contribution in [3.05, 3.63) is 0 Å². The summed E-state index contributed by atoms with van der Waals surface area (Å²) in [6, 6.07) is 0. The van der Waals surface area contributed by atoms with Gasteiger partial charge in [0.2, 0.25) is 0 Å². The van der Waals surface area contributed by atoms with Gasteiger partial charge in [-0.05, 0) is 27.2 Å². The van der Waals surface area contributed by atoms with Crippen LogP contribution in [0.4, 0.5) is 0 Å². The average Bonchev–Trinajstić information content (AvgIpc) is 2.15. The van der Waals surface area contributed by atoms with E-state index in [9.17, 15) is 9.59 Å². The third-order valence-corrected chi connectivity index (χ3v) is 1.83. The molecule has 3 N–H and O–H groups in total. The van der Waals surface area contributed by atoms with E-state index in [1.54, 1.807) is 6.92 Å². The topological polar surface area (TPSA) is 104 Å². The maximum atomic E-state index is 10.4. The number of rotatable bonds is 3. The molecule has 0 bridgehead atoms. The zero-order valence-corrected chi connectivity index (χ0v) is 10.3. The molecule has 0 aliphatic rings. The van der Waals surface area contributed by atoms with Gasteiger partial charge in [-0.25, -0.2) is 9.59 Å². The molecule has 0 radical (unpaired) electrons. The number of methoxy groups -OCH3 is 1. The van der Waals surface area contributed by atoms with Crippen molar-refractivity contribution in [1.82, 2.24) is 0 Å². The van der Waals surface area contributed by atoms with Crippen LogP contribution in [0.5, 0.6) is 0 Å². The van der Waals surface area contributed by atoms with E-state index >= 15 is 0 Å². The molecule has 0 saturated heterocycles. The molecule has 0 aromatic carbocycles. The second-order valence-corrected chi connectivity index (χ2v) is 3.98. The predicted octanol–water partition coefficient (Wildman–Crippen LogP) is 0.162. The predicted molar refractivity (Wildman–Crippen MR) is 56.9 cm³/mol. The number of hydrogen-bond acceptors (Lipinski definition) is 5. The summed E-state index contributed by atoms with van der Waals surface area (Å²) in [5, 5.41) is 25.8. The largest absolute Gasteiger partial charge is 0.479 e. The van der Waals surface area contributed by atoms with Gasteiger partial charge in [-0.3, -0.25) is 0 Å². The Balaban J connectivity index is 0. The maximum Gasteiger partial charge on any atom is 0.337 e. The molecule has 0 rings (SSSR count). The number of carboxylic acids is 1. The van der Waals surface area contributed by atoms with E-state index in [2.05, 4.69) is 4.74 Å². The lowest BCUT2D eigenvalue weighted by Gasteiger charge is -2.13. The highest BCUT2D eigenvalue weighted by Crippen LogP contribution is 2.06. The second kappa shape index (κ2) is 6.44. The molecule has 0 heterocycles. The van der Waals surface area contributed by atoms with Crippen molar-refractivity contribution >= 4 is 11.9 Å². The van der Waals surface area contributed by atoms with Crippen LogP contribution in [0.3, 0.4) is 0 Å². The van der Waals surface area contributed by atoms with Crippen LogP contribution in [0.2, 0.25) is 0 Å². The molecule has 0 aliphatic carbocycles. The fourth-order valence-electron chi connectivity index (χ4n) is 0.401. The van der Waals surface area contributed by atoms with Crippen LogP contribution >= 0.6 is 0 Å². The van der Waals surface area contributed by atoms with E-state index in [4.69, 9.17) is 15.3 Å². The van der Waals surface area contributed by atoms with E-state index in [1.807, 2.05) is 0 Å². The standard InChI is InChI=1S/2C5H10O3/c1-5(2,7)4(6)8-3;1-3-5(2,8)4(6)7/h7H,1-3H3;8H,3H2,1-2H3,(H,6,7). The fraction of sp³-hybridized carbons (Fsp3) is 0.800. The molecule has 0 aliphatic heterocycles. The molecule has 1 unspecified atom stereocenters. The van der Waals surface area contributed by atoms with Gasteiger partial charge in [0.05, 0.1) is 7.11 Å². The molecule has 0 amide bonds. The van der Waals surface area contributed by atoms with Gasteiger partial charge in [0.25, 0.3) is 0 Å².